The van der Waals surface area contributed by atoms with E-state index in [9.17, 15) is 15.0 Å². The molecule has 7 nitrogen and oxygen atoms in total. The molecule has 0 saturated carbocycles. The molecule has 1 aliphatic rings. The molecule has 8 heteroatoms. The first-order chi connectivity index (χ1) is 8.04. The van der Waals surface area contributed by atoms with Gasteiger partial charge in [0.05, 0.1) is 0 Å². The van der Waals surface area contributed by atoms with Crippen molar-refractivity contribution in [3.05, 3.63) is 15.2 Å². The molecule has 17 heavy (non-hydrogen) atoms. The van der Waals surface area contributed by atoms with Gasteiger partial charge >= 0.3 is 102 Å². The number of hydrogen-bond donors (Lipinski definition) is 4. The maximum absolute atomic E-state index is 10.9. The molecule has 0 aliphatic carbocycles. The van der Waals surface area contributed by atoms with Crippen molar-refractivity contribution in [3.8, 4) is 0 Å². The van der Waals surface area contributed by atoms with E-state index in [0.29, 0.717) is 4.57 Å². The standard InChI is InChI=1S/C9H12N2O5Se/c10-8(15)3-2-17-9(11-3)7-6(14)5(13)4(1-12)16-7/h2,4-7,12-14H,1H2,(H2,10,15). The first-order valence-corrected chi connectivity index (χ1v) is 6.77. The van der Waals surface area contributed by atoms with Gasteiger partial charge < -0.3 is 0 Å². The second-order valence-electron chi connectivity index (χ2n) is 3.69. The molecule has 2 rings (SSSR count). The van der Waals surface area contributed by atoms with Gasteiger partial charge in [-0.3, -0.25) is 0 Å². The number of ether oxygens (including phenoxy) is 1. The molecule has 0 spiro atoms. The van der Waals surface area contributed by atoms with E-state index in [1.807, 2.05) is 0 Å². The minimum absolute atomic E-state index is 0.151. The number of aliphatic hydroxyl groups is 3. The van der Waals surface area contributed by atoms with Gasteiger partial charge in [0.1, 0.15) is 0 Å². The van der Waals surface area contributed by atoms with Gasteiger partial charge in [-0.15, -0.1) is 0 Å². The van der Waals surface area contributed by atoms with E-state index in [0.717, 1.165) is 0 Å². The molecule has 94 valence electrons. The Labute approximate surface area is 103 Å². The Morgan fingerprint density at radius 2 is 2.24 bits per heavy atom. The van der Waals surface area contributed by atoms with Crippen LogP contribution in [0.4, 0.5) is 0 Å². The Balaban J connectivity index is 2.19. The van der Waals surface area contributed by atoms with Crippen LogP contribution in [0.3, 0.4) is 0 Å². The van der Waals surface area contributed by atoms with Crippen LogP contribution in [0.5, 0.6) is 0 Å². The molecular formula is C9H12N2O5Se. The molecule has 4 atom stereocenters. The van der Waals surface area contributed by atoms with Crippen molar-refractivity contribution < 1.29 is 24.9 Å². The summed E-state index contributed by atoms with van der Waals surface area (Å²) in [5.41, 5.74) is 5.23. The number of nitrogens with two attached hydrogens (primary N) is 1. The van der Waals surface area contributed by atoms with E-state index in [4.69, 9.17) is 15.6 Å². The maximum atomic E-state index is 10.9. The van der Waals surface area contributed by atoms with Crippen LogP contribution in [0.15, 0.2) is 4.94 Å². The molecule has 0 radical (unpaired) electrons. The minimum atomic E-state index is -1.15. The molecule has 1 amide bonds. The molecule has 0 bridgehead atoms. The van der Waals surface area contributed by atoms with Gasteiger partial charge in [-0.2, -0.15) is 0 Å². The predicted molar refractivity (Wildman–Crippen MR) is 56.4 cm³/mol. The summed E-state index contributed by atoms with van der Waals surface area (Å²) in [5, 5.41) is 28.3. The third-order valence-electron chi connectivity index (χ3n) is 2.56. The van der Waals surface area contributed by atoms with Crippen LogP contribution in [0.1, 0.15) is 21.2 Å². The summed E-state index contributed by atoms with van der Waals surface area (Å²) in [6.07, 6.45) is -3.91. The Morgan fingerprint density at radius 3 is 2.71 bits per heavy atom. The molecule has 0 aromatic carbocycles. The fourth-order valence-electron chi connectivity index (χ4n) is 1.64. The summed E-state index contributed by atoms with van der Waals surface area (Å²) in [7, 11) is 0. The van der Waals surface area contributed by atoms with Gasteiger partial charge in [0, 0.05) is 0 Å². The van der Waals surface area contributed by atoms with Crippen molar-refractivity contribution in [2.45, 2.75) is 24.4 Å². The number of carbonyl (C=O) groups excluding carboxylic acids is 1. The summed E-state index contributed by atoms with van der Waals surface area (Å²) in [4.78, 5) is 16.5. The van der Waals surface area contributed by atoms with Gasteiger partial charge in [-0.1, -0.05) is 0 Å². The zero-order chi connectivity index (χ0) is 12.6. The van der Waals surface area contributed by atoms with Crippen LogP contribution >= 0.6 is 0 Å². The SMILES string of the molecule is NC(=O)c1c[se]c(C2OC(CO)C(O)C2O)n1. The second-order valence-corrected chi connectivity index (χ2v) is 5.56. The van der Waals surface area contributed by atoms with Gasteiger partial charge in [-0.05, 0) is 0 Å². The number of hydrogen-bond acceptors (Lipinski definition) is 6. The summed E-state index contributed by atoms with van der Waals surface area (Å²) in [5.74, 6) is -0.631. The molecule has 4 unspecified atom stereocenters. The van der Waals surface area contributed by atoms with Crippen molar-refractivity contribution in [2.24, 2.45) is 5.73 Å². The molecule has 1 aromatic heterocycles. The molecule has 1 aromatic rings. The first kappa shape index (κ1) is 12.7. The normalized spacial score (nSPS) is 32.9. The fourth-order valence-corrected chi connectivity index (χ4v) is 3.48. The Morgan fingerprint density at radius 1 is 1.53 bits per heavy atom. The summed E-state index contributed by atoms with van der Waals surface area (Å²) in [6.45, 7) is -0.384. The second kappa shape index (κ2) is 4.85. The van der Waals surface area contributed by atoms with Crippen molar-refractivity contribution in [1.29, 1.82) is 0 Å². The number of aromatic nitrogens is 1. The van der Waals surface area contributed by atoms with E-state index >= 15 is 0 Å². The molecular weight excluding hydrogens is 295 g/mol. The Kier molecular flexibility index (Phi) is 3.62. The Bertz CT molecular complexity index is 423. The number of amides is 1. The van der Waals surface area contributed by atoms with E-state index in [2.05, 4.69) is 4.98 Å². The predicted octanol–water partition coefficient (Wildman–Crippen LogP) is -2.61. The number of aliphatic hydroxyl groups excluding tert-OH is 3. The van der Waals surface area contributed by atoms with Crippen LogP contribution in [0, 0.1) is 0 Å². The number of carbonyl (C=O) groups is 1. The van der Waals surface area contributed by atoms with E-state index < -0.39 is 30.3 Å². The monoisotopic (exact) mass is 308 g/mol. The van der Waals surface area contributed by atoms with Gasteiger partial charge in [0.25, 0.3) is 0 Å². The van der Waals surface area contributed by atoms with Crippen molar-refractivity contribution in [3.63, 3.8) is 0 Å². The number of primary amides is 1. The average Bonchev–Trinajstić information content (AvgIpc) is 2.87. The van der Waals surface area contributed by atoms with Gasteiger partial charge in [-0.25, -0.2) is 0 Å². The molecule has 2 heterocycles. The van der Waals surface area contributed by atoms with Crippen LogP contribution < -0.4 is 5.73 Å². The molecule has 1 aliphatic heterocycles. The third kappa shape index (κ3) is 2.28. The molecule has 5 N–H and O–H groups in total. The fraction of sp³-hybridized carbons (Fsp3) is 0.556. The van der Waals surface area contributed by atoms with Gasteiger partial charge in [0.15, 0.2) is 0 Å². The van der Waals surface area contributed by atoms with E-state index in [1.54, 1.807) is 4.94 Å². The molecule has 1 fully saturated rings. The zero-order valence-electron chi connectivity index (χ0n) is 8.68. The summed E-state index contributed by atoms with van der Waals surface area (Å²) in [6, 6.07) is 0. The number of rotatable bonds is 3. The molecule has 1 saturated heterocycles. The van der Waals surface area contributed by atoms with Crippen LogP contribution in [-0.2, 0) is 4.74 Å². The summed E-state index contributed by atoms with van der Waals surface area (Å²) < 4.78 is 5.79. The van der Waals surface area contributed by atoms with E-state index in [-0.39, 0.29) is 26.8 Å². The summed E-state index contributed by atoms with van der Waals surface area (Å²) >= 11 is -0.236. The topological polar surface area (TPSA) is 126 Å². The van der Waals surface area contributed by atoms with Crippen LogP contribution in [0.25, 0.3) is 0 Å². The van der Waals surface area contributed by atoms with E-state index in [1.165, 1.54) is 0 Å². The van der Waals surface area contributed by atoms with Crippen molar-refractivity contribution in [1.82, 2.24) is 4.98 Å². The van der Waals surface area contributed by atoms with Crippen LogP contribution in [-0.4, -0.2) is 65.6 Å². The van der Waals surface area contributed by atoms with Crippen molar-refractivity contribution in [2.75, 3.05) is 6.61 Å². The number of nitrogens with zero attached hydrogens (tertiary/aromatic N) is 1. The van der Waals surface area contributed by atoms with Crippen molar-refractivity contribution >= 4 is 20.4 Å². The average molecular weight is 307 g/mol. The third-order valence-corrected chi connectivity index (χ3v) is 4.46. The quantitative estimate of drug-likeness (QED) is 0.453. The van der Waals surface area contributed by atoms with Gasteiger partial charge in [0.2, 0.25) is 0 Å². The van der Waals surface area contributed by atoms with Crippen LogP contribution in [0.2, 0.25) is 0 Å². The Hall–Kier alpha value is -0.761. The zero-order valence-corrected chi connectivity index (χ0v) is 10.4. The first-order valence-electron chi connectivity index (χ1n) is 4.92.